The topological polar surface area (TPSA) is 6.48 Å². The van der Waals surface area contributed by atoms with E-state index in [0.29, 0.717) is 0 Å². The number of hydrogen-bond donors (Lipinski definition) is 0. The number of hydrogen-bond acceptors (Lipinski definition) is 2. The van der Waals surface area contributed by atoms with E-state index in [0.717, 1.165) is 43.9 Å². The van der Waals surface area contributed by atoms with Crippen LogP contribution in [0.15, 0.2) is 36.6 Å². The Hall–Kier alpha value is -1.02. The van der Waals surface area contributed by atoms with Gasteiger partial charge in [-0.2, -0.15) is 0 Å². The SMILES string of the molecule is C=C(/C=C\C(=C)N1CCN(CCC)CC1)CC. The Labute approximate surface area is 106 Å². The smallest absolute Gasteiger partial charge is 0.0306 e. The molecule has 0 aromatic carbocycles. The second-order valence-electron chi connectivity index (χ2n) is 4.67. The van der Waals surface area contributed by atoms with Gasteiger partial charge in [0.1, 0.15) is 0 Å². The van der Waals surface area contributed by atoms with Crippen LogP contribution >= 0.6 is 0 Å². The Morgan fingerprint density at radius 3 is 2.24 bits per heavy atom. The third kappa shape index (κ3) is 4.78. The second kappa shape index (κ2) is 7.33. The molecule has 0 aliphatic carbocycles. The zero-order valence-electron chi connectivity index (χ0n) is 11.4. The predicted molar refractivity (Wildman–Crippen MR) is 76.0 cm³/mol. The molecule has 0 saturated carbocycles. The van der Waals surface area contributed by atoms with Crippen LogP contribution in [0.4, 0.5) is 0 Å². The Morgan fingerprint density at radius 2 is 1.71 bits per heavy atom. The van der Waals surface area contributed by atoms with E-state index in [1.54, 1.807) is 0 Å². The van der Waals surface area contributed by atoms with E-state index in [1.807, 2.05) is 0 Å². The van der Waals surface area contributed by atoms with Gasteiger partial charge in [0, 0.05) is 31.9 Å². The van der Waals surface area contributed by atoms with Gasteiger partial charge in [-0.15, -0.1) is 0 Å². The first-order valence-electron chi connectivity index (χ1n) is 6.69. The minimum absolute atomic E-state index is 1.01. The van der Waals surface area contributed by atoms with Gasteiger partial charge in [0.15, 0.2) is 0 Å². The molecule has 17 heavy (non-hydrogen) atoms. The van der Waals surface area contributed by atoms with Gasteiger partial charge in [0.05, 0.1) is 0 Å². The van der Waals surface area contributed by atoms with E-state index in [1.165, 1.54) is 13.0 Å². The molecule has 0 atom stereocenters. The van der Waals surface area contributed by atoms with Crippen molar-refractivity contribution in [3.63, 3.8) is 0 Å². The molecular formula is C15H26N2. The second-order valence-corrected chi connectivity index (χ2v) is 4.67. The summed E-state index contributed by atoms with van der Waals surface area (Å²) in [6, 6.07) is 0. The fraction of sp³-hybridized carbons (Fsp3) is 0.600. The maximum atomic E-state index is 4.14. The molecule has 0 aromatic rings. The highest BCUT2D eigenvalue weighted by molar-refractivity contribution is 5.23. The summed E-state index contributed by atoms with van der Waals surface area (Å²) in [7, 11) is 0. The van der Waals surface area contributed by atoms with Gasteiger partial charge < -0.3 is 4.90 Å². The average molecular weight is 234 g/mol. The first-order valence-corrected chi connectivity index (χ1v) is 6.69. The van der Waals surface area contributed by atoms with Crippen LogP contribution in [0.5, 0.6) is 0 Å². The molecule has 1 saturated heterocycles. The predicted octanol–water partition coefficient (Wildman–Crippen LogP) is 3.05. The Kier molecular flexibility index (Phi) is 6.06. The lowest BCUT2D eigenvalue weighted by Crippen LogP contribution is -2.45. The number of nitrogens with zero attached hydrogens (tertiary/aromatic N) is 2. The van der Waals surface area contributed by atoms with E-state index in [4.69, 9.17) is 0 Å². The fourth-order valence-corrected chi connectivity index (χ4v) is 2.01. The van der Waals surface area contributed by atoms with E-state index in [9.17, 15) is 0 Å². The zero-order chi connectivity index (χ0) is 12.7. The van der Waals surface area contributed by atoms with Crippen LogP contribution in [0.2, 0.25) is 0 Å². The Bertz CT molecular complexity index is 283. The lowest BCUT2D eigenvalue weighted by atomic mass is 10.2. The molecule has 0 N–H and O–H groups in total. The summed E-state index contributed by atoms with van der Waals surface area (Å²) in [5.74, 6) is 0. The van der Waals surface area contributed by atoms with Crippen LogP contribution in [-0.4, -0.2) is 42.5 Å². The van der Waals surface area contributed by atoms with Gasteiger partial charge in [-0.25, -0.2) is 0 Å². The summed E-state index contributed by atoms with van der Waals surface area (Å²) < 4.78 is 0. The molecule has 1 heterocycles. The number of allylic oxidation sites excluding steroid dienone is 3. The maximum Gasteiger partial charge on any atom is 0.0306 e. The van der Waals surface area contributed by atoms with E-state index in [-0.39, 0.29) is 0 Å². The minimum Gasteiger partial charge on any atom is -0.369 e. The summed E-state index contributed by atoms with van der Waals surface area (Å²) in [5.41, 5.74) is 2.28. The molecule has 0 unspecified atom stereocenters. The van der Waals surface area contributed by atoms with Crippen molar-refractivity contribution in [1.82, 2.24) is 9.80 Å². The van der Waals surface area contributed by atoms with Crippen molar-refractivity contribution in [3.05, 3.63) is 36.6 Å². The highest BCUT2D eigenvalue weighted by Gasteiger charge is 2.15. The van der Waals surface area contributed by atoms with Gasteiger partial charge in [-0.3, -0.25) is 4.90 Å². The average Bonchev–Trinajstić information content (AvgIpc) is 2.36. The molecule has 1 rings (SSSR count). The standard InChI is InChI=1S/C15H26N2/c1-5-9-16-10-12-17(13-11-16)15(4)8-7-14(3)6-2/h7-8H,3-6,9-13H2,1-2H3/b8-7-. The van der Waals surface area contributed by atoms with E-state index < -0.39 is 0 Å². The largest absolute Gasteiger partial charge is 0.369 e. The van der Waals surface area contributed by atoms with Crippen LogP contribution in [0.3, 0.4) is 0 Å². The van der Waals surface area contributed by atoms with Crippen molar-refractivity contribution in [2.75, 3.05) is 32.7 Å². The molecule has 1 aliphatic heterocycles. The summed E-state index contributed by atoms with van der Waals surface area (Å²) in [5, 5.41) is 0. The van der Waals surface area contributed by atoms with Crippen molar-refractivity contribution >= 4 is 0 Å². The lowest BCUT2D eigenvalue weighted by Gasteiger charge is -2.36. The van der Waals surface area contributed by atoms with Crippen molar-refractivity contribution in [3.8, 4) is 0 Å². The fourth-order valence-electron chi connectivity index (χ4n) is 2.01. The molecule has 0 amide bonds. The van der Waals surface area contributed by atoms with Crippen molar-refractivity contribution < 1.29 is 0 Å². The van der Waals surface area contributed by atoms with Gasteiger partial charge in [-0.05, 0) is 25.5 Å². The van der Waals surface area contributed by atoms with Crippen LogP contribution < -0.4 is 0 Å². The van der Waals surface area contributed by atoms with Crippen molar-refractivity contribution in [1.29, 1.82) is 0 Å². The third-order valence-electron chi connectivity index (χ3n) is 3.28. The summed E-state index contributed by atoms with van der Waals surface area (Å²) in [6.07, 6.45) is 6.44. The van der Waals surface area contributed by atoms with Crippen LogP contribution in [0, 0.1) is 0 Å². The third-order valence-corrected chi connectivity index (χ3v) is 3.28. The quantitative estimate of drug-likeness (QED) is 0.652. The summed E-state index contributed by atoms with van der Waals surface area (Å²) in [4.78, 5) is 4.89. The lowest BCUT2D eigenvalue weighted by molar-refractivity contribution is 0.162. The summed E-state index contributed by atoms with van der Waals surface area (Å²) >= 11 is 0. The first-order chi connectivity index (χ1) is 8.17. The highest BCUT2D eigenvalue weighted by atomic mass is 15.3. The van der Waals surface area contributed by atoms with Crippen LogP contribution in [0.1, 0.15) is 26.7 Å². The monoisotopic (exact) mass is 234 g/mol. The molecule has 1 fully saturated rings. The van der Waals surface area contributed by atoms with Gasteiger partial charge in [-0.1, -0.05) is 38.7 Å². The van der Waals surface area contributed by atoms with Crippen molar-refractivity contribution in [2.45, 2.75) is 26.7 Å². The van der Waals surface area contributed by atoms with E-state index in [2.05, 4.69) is 49.0 Å². The molecule has 0 aromatic heterocycles. The van der Waals surface area contributed by atoms with Gasteiger partial charge >= 0.3 is 0 Å². The zero-order valence-corrected chi connectivity index (χ0v) is 11.4. The maximum absolute atomic E-state index is 4.14. The molecule has 0 radical (unpaired) electrons. The Morgan fingerprint density at radius 1 is 1.06 bits per heavy atom. The normalized spacial score (nSPS) is 17.6. The number of piperazine rings is 1. The minimum atomic E-state index is 1.01. The summed E-state index contributed by atoms with van der Waals surface area (Å²) in [6.45, 7) is 18.2. The molecule has 2 nitrogen and oxygen atoms in total. The highest BCUT2D eigenvalue weighted by Crippen LogP contribution is 2.11. The van der Waals surface area contributed by atoms with Crippen LogP contribution in [-0.2, 0) is 0 Å². The molecule has 2 heteroatoms. The van der Waals surface area contributed by atoms with Crippen LogP contribution in [0.25, 0.3) is 0 Å². The molecule has 1 aliphatic rings. The molecular weight excluding hydrogens is 208 g/mol. The first kappa shape index (κ1) is 14.0. The molecule has 0 spiro atoms. The molecule has 96 valence electrons. The Balaban J connectivity index is 2.35. The number of rotatable bonds is 6. The molecule has 0 bridgehead atoms. The van der Waals surface area contributed by atoms with E-state index >= 15 is 0 Å². The van der Waals surface area contributed by atoms with Crippen molar-refractivity contribution in [2.24, 2.45) is 0 Å². The van der Waals surface area contributed by atoms with Gasteiger partial charge in [0.25, 0.3) is 0 Å². The van der Waals surface area contributed by atoms with Gasteiger partial charge in [0.2, 0.25) is 0 Å².